The zero-order valence-corrected chi connectivity index (χ0v) is 11.3. The van der Waals surface area contributed by atoms with Crippen LogP contribution >= 0.6 is 0 Å². The summed E-state index contributed by atoms with van der Waals surface area (Å²) in [4.78, 5) is 19.6. The van der Waals surface area contributed by atoms with Crippen LogP contribution in [0.1, 0.15) is 15.9 Å². The van der Waals surface area contributed by atoms with Gasteiger partial charge in [-0.3, -0.25) is 4.79 Å². The van der Waals surface area contributed by atoms with E-state index in [4.69, 9.17) is 5.73 Å². The summed E-state index contributed by atoms with van der Waals surface area (Å²) in [7, 11) is 0. The highest BCUT2D eigenvalue weighted by molar-refractivity contribution is 5.94. The number of benzene rings is 1. The number of hydrogen-bond donors (Lipinski definition) is 3. The second-order valence-corrected chi connectivity index (χ2v) is 4.35. The molecule has 0 spiro atoms. The van der Waals surface area contributed by atoms with Crippen LogP contribution in [0.15, 0.2) is 36.5 Å². The molecule has 0 saturated heterocycles. The minimum atomic E-state index is -0.0889. The normalized spacial score (nSPS) is 10.1. The lowest BCUT2D eigenvalue weighted by molar-refractivity contribution is 0.0955. The second-order valence-electron chi connectivity index (χ2n) is 4.35. The van der Waals surface area contributed by atoms with E-state index in [0.29, 0.717) is 24.5 Å². The van der Waals surface area contributed by atoms with Crippen LogP contribution in [0.25, 0.3) is 0 Å². The van der Waals surface area contributed by atoms with Crippen LogP contribution in [-0.2, 0) is 0 Å². The molecule has 1 heterocycles. The highest BCUT2D eigenvalue weighted by atomic mass is 16.1. The predicted octanol–water partition coefficient (Wildman–Crippen LogP) is 1.21. The number of amides is 1. The summed E-state index contributed by atoms with van der Waals surface area (Å²) in [5, 5.41) is 5.88. The fourth-order valence-electron chi connectivity index (χ4n) is 1.65. The average Bonchev–Trinajstić information content (AvgIpc) is 2.44. The van der Waals surface area contributed by atoms with E-state index in [2.05, 4.69) is 20.6 Å². The van der Waals surface area contributed by atoms with Crippen molar-refractivity contribution in [3.63, 3.8) is 0 Å². The van der Waals surface area contributed by atoms with Gasteiger partial charge < -0.3 is 16.4 Å². The molecule has 6 heteroatoms. The number of nitrogens with two attached hydrogens (primary N) is 1. The first-order valence-corrected chi connectivity index (χ1v) is 6.32. The van der Waals surface area contributed by atoms with Crippen molar-refractivity contribution in [2.75, 3.05) is 24.1 Å². The van der Waals surface area contributed by atoms with Crippen LogP contribution in [0.4, 0.5) is 11.8 Å². The number of aromatic nitrogens is 2. The Labute approximate surface area is 117 Å². The molecule has 0 bridgehead atoms. The summed E-state index contributed by atoms with van der Waals surface area (Å²) < 4.78 is 0. The Balaban J connectivity index is 1.76. The number of hydrogen-bond acceptors (Lipinski definition) is 5. The minimum Gasteiger partial charge on any atom is -0.368 e. The van der Waals surface area contributed by atoms with E-state index < -0.39 is 0 Å². The molecule has 0 saturated carbocycles. The lowest BCUT2D eigenvalue weighted by Gasteiger charge is -2.07. The summed E-state index contributed by atoms with van der Waals surface area (Å²) in [5.74, 6) is 0.773. The first-order chi connectivity index (χ1) is 9.65. The van der Waals surface area contributed by atoms with Gasteiger partial charge in [0.25, 0.3) is 5.91 Å². The maximum absolute atomic E-state index is 11.8. The van der Waals surface area contributed by atoms with Gasteiger partial charge in [0.2, 0.25) is 5.95 Å². The molecule has 104 valence electrons. The third-order valence-electron chi connectivity index (χ3n) is 2.70. The number of anilines is 2. The van der Waals surface area contributed by atoms with Crippen molar-refractivity contribution >= 4 is 17.7 Å². The Morgan fingerprint density at radius 3 is 2.65 bits per heavy atom. The third kappa shape index (κ3) is 3.94. The molecule has 4 N–H and O–H groups in total. The number of aryl methyl sites for hydroxylation is 1. The molecule has 1 aromatic heterocycles. The number of rotatable bonds is 5. The SMILES string of the molecule is Cc1ccc(C(=O)NCCNc2ccnc(N)n2)cc1. The van der Waals surface area contributed by atoms with Gasteiger partial charge in [-0.1, -0.05) is 17.7 Å². The van der Waals surface area contributed by atoms with E-state index >= 15 is 0 Å². The zero-order chi connectivity index (χ0) is 14.4. The maximum atomic E-state index is 11.8. The number of nitrogens with zero attached hydrogens (tertiary/aromatic N) is 2. The molecule has 0 radical (unpaired) electrons. The number of nitrogens with one attached hydrogen (secondary N) is 2. The highest BCUT2D eigenvalue weighted by Crippen LogP contribution is 2.03. The fraction of sp³-hybridized carbons (Fsp3) is 0.214. The van der Waals surface area contributed by atoms with Crippen LogP contribution in [0.5, 0.6) is 0 Å². The van der Waals surface area contributed by atoms with Gasteiger partial charge >= 0.3 is 0 Å². The van der Waals surface area contributed by atoms with Crippen LogP contribution in [0.2, 0.25) is 0 Å². The molecule has 2 rings (SSSR count). The molecular weight excluding hydrogens is 254 g/mol. The standard InChI is InChI=1S/C14H17N5O/c1-10-2-4-11(5-3-10)13(20)17-9-8-16-12-6-7-18-14(15)19-12/h2-7H,8-9H2,1H3,(H,17,20)(H3,15,16,18,19). The first-order valence-electron chi connectivity index (χ1n) is 6.32. The first kappa shape index (κ1) is 13.8. The number of carbonyl (C=O) groups excluding carboxylic acids is 1. The van der Waals surface area contributed by atoms with E-state index in [1.54, 1.807) is 12.3 Å². The van der Waals surface area contributed by atoms with E-state index in [-0.39, 0.29) is 11.9 Å². The van der Waals surface area contributed by atoms with E-state index in [0.717, 1.165) is 5.56 Å². The summed E-state index contributed by atoms with van der Waals surface area (Å²) in [6, 6.07) is 9.16. The van der Waals surface area contributed by atoms with Gasteiger partial charge in [-0.2, -0.15) is 4.98 Å². The van der Waals surface area contributed by atoms with Crippen molar-refractivity contribution in [1.29, 1.82) is 0 Å². The smallest absolute Gasteiger partial charge is 0.251 e. The molecule has 20 heavy (non-hydrogen) atoms. The van der Waals surface area contributed by atoms with Crippen LogP contribution in [0.3, 0.4) is 0 Å². The Morgan fingerprint density at radius 1 is 1.20 bits per heavy atom. The van der Waals surface area contributed by atoms with Crippen molar-refractivity contribution in [3.05, 3.63) is 47.7 Å². The summed E-state index contributed by atoms with van der Waals surface area (Å²) in [5.41, 5.74) is 7.25. The Hall–Kier alpha value is -2.63. The third-order valence-corrected chi connectivity index (χ3v) is 2.70. The fourth-order valence-corrected chi connectivity index (χ4v) is 1.65. The summed E-state index contributed by atoms with van der Waals surface area (Å²) >= 11 is 0. The van der Waals surface area contributed by atoms with Crippen molar-refractivity contribution in [3.8, 4) is 0 Å². The summed E-state index contributed by atoms with van der Waals surface area (Å²) in [6.07, 6.45) is 1.58. The maximum Gasteiger partial charge on any atom is 0.251 e. The lowest BCUT2D eigenvalue weighted by atomic mass is 10.1. The molecule has 1 aromatic carbocycles. The topological polar surface area (TPSA) is 92.9 Å². The van der Waals surface area contributed by atoms with Crippen molar-refractivity contribution < 1.29 is 4.79 Å². The molecular formula is C14H17N5O. The van der Waals surface area contributed by atoms with Gasteiger partial charge in [0, 0.05) is 24.8 Å². The highest BCUT2D eigenvalue weighted by Gasteiger charge is 2.03. The van der Waals surface area contributed by atoms with Crippen molar-refractivity contribution in [2.45, 2.75) is 6.92 Å². The molecule has 6 nitrogen and oxygen atoms in total. The largest absolute Gasteiger partial charge is 0.368 e. The van der Waals surface area contributed by atoms with Gasteiger partial charge in [-0.15, -0.1) is 0 Å². The minimum absolute atomic E-state index is 0.0889. The Kier molecular flexibility index (Phi) is 4.49. The van der Waals surface area contributed by atoms with Gasteiger partial charge in [-0.25, -0.2) is 4.98 Å². The monoisotopic (exact) mass is 271 g/mol. The quantitative estimate of drug-likeness (QED) is 0.711. The molecule has 0 fully saturated rings. The van der Waals surface area contributed by atoms with Crippen molar-refractivity contribution in [1.82, 2.24) is 15.3 Å². The molecule has 0 unspecified atom stereocenters. The van der Waals surface area contributed by atoms with Gasteiger partial charge in [0.15, 0.2) is 0 Å². The number of nitrogen functional groups attached to an aromatic ring is 1. The van der Waals surface area contributed by atoms with E-state index in [1.165, 1.54) is 0 Å². The molecule has 2 aromatic rings. The molecule has 0 aliphatic heterocycles. The Morgan fingerprint density at radius 2 is 1.95 bits per heavy atom. The summed E-state index contributed by atoms with van der Waals surface area (Å²) in [6.45, 7) is 3.05. The molecule has 0 aliphatic carbocycles. The van der Waals surface area contributed by atoms with Gasteiger partial charge in [0.05, 0.1) is 0 Å². The molecule has 1 amide bonds. The van der Waals surface area contributed by atoms with Crippen molar-refractivity contribution in [2.24, 2.45) is 0 Å². The van der Waals surface area contributed by atoms with E-state index in [1.807, 2.05) is 31.2 Å². The molecule has 0 aliphatic rings. The second kappa shape index (κ2) is 6.51. The molecule has 0 atom stereocenters. The predicted molar refractivity (Wildman–Crippen MR) is 78.4 cm³/mol. The van der Waals surface area contributed by atoms with E-state index in [9.17, 15) is 4.79 Å². The van der Waals surface area contributed by atoms with Crippen LogP contribution < -0.4 is 16.4 Å². The lowest BCUT2D eigenvalue weighted by Crippen LogP contribution is -2.28. The van der Waals surface area contributed by atoms with Crippen LogP contribution in [-0.4, -0.2) is 29.0 Å². The van der Waals surface area contributed by atoms with Crippen LogP contribution in [0, 0.1) is 6.92 Å². The average molecular weight is 271 g/mol. The van der Waals surface area contributed by atoms with Gasteiger partial charge in [-0.05, 0) is 25.1 Å². The number of carbonyl (C=O) groups is 1. The van der Waals surface area contributed by atoms with Gasteiger partial charge in [0.1, 0.15) is 5.82 Å². The Bertz CT molecular complexity index is 582. The zero-order valence-electron chi connectivity index (χ0n) is 11.3.